The van der Waals surface area contributed by atoms with Gasteiger partial charge < -0.3 is 5.32 Å². The third-order valence-corrected chi connectivity index (χ3v) is 4.37. The van der Waals surface area contributed by atoms with Gasteiger partial charge in [-0.15, -0.1) is 0 Å². The van der Waals surface area contributed by atoms with Gasteiger partial charge in [0.25, 0.3) is 0 Å². The average Bonchev–Trinajstić information content (AvgIpc) is 2.27. The molecule has 1 N–H and O–H groups in total. The van der Waals surface area contributed by atoms with E-state index in [0.29, 0.717) is 5.41 Å². The van der Waals surface area contributed by atoms with E-state index in [9.17, 15) is 0 Å². The first kappa shape index (κ1) is 13.1. The minimum atomic E-state index is 0.414. The molecule has 0 unspecified atom stereocenters. The highest BCUT2D eigenvalue weighted by molar-refractivity contribution is 9.10. The first-order valence-corrected chi connectivity index (χ1v) is 7.53. The summed E-state index contributed by atoms with van der Waals surface area (Å²) in [4.78, 5) is 0. The Morgan fingerprint density at radius 1 is 1.24 bits per heavy atom. The monoisotopic (exact) mass is 295 g/mol. The van der Waals surface area contributed by atoms with Crippen LogP contribution in [-0.4, -0.2) is 13.1 Å². The van der Waals surface area contributed by atoms with Crippen LogP contribution in [0, 0.1) is 0 Å². The van der Waals surface area contributed by atoms with Crippen LogP contribution >= 0.6 is 15.9 Å². The zero-order valence-electron chi connectivity index (χ0n) is 10.6. The van der Waals surface area contributed by atoms with E-state index in [0.717, 1.165) is 13.1 Å². The van der Waals surface area contributed by atoms with Crippen molar-refractivity contribution in [1.82, 2.24) is 5.32 Å². The van der Waals surface area contributed by atoms with Crippen molar-refractivity contribution in [2.24, 2.45) is 0 Å². The van der Waals surface area contributed by atoms with Crippen LogP contribution in [0.1, 0.15) is 44.6 Å². The van der Waals surface area contributed by atoms with E-state index in [-0.39, 0.29) is 0 Å². The van der Waals surface area contributed by atoms with Crippen LogP contribution in [0.4, 0.5) is 0 Å². The normalized spacial score (nSPS) is 17.8. The average molecular weight is 296 g/mol. The predicted octanol–water partition coefficient (Wildman–Crippen LogP) is 4.26. The van der Waals surface area contributed by atoms with E-state index in [4.69, 9.17) is 0 Å². The molecule has 0 saturated carbocycles. The summed E-state index contributed by atoms with van der Waals surface area (Å²) in [5, 5.41) is 3.45. The third kappa shape index (κ3) is 3.11. The highest BCUT2D eigenvalue weighted by Gasteiger charge is 2.37. The van der Waals surface area contributed by atoms with Gasteiger partial charge in [0.05, 0.1) is 0 Å². The lowest BCUT2D eigenvalue weighted by Crippen LogP contribution is -2.56. The molecular formula is C15H22BrN. The molecule has 1 nitrogen and oxygen atoms in total. The summed E-state index contributed by atoms with van der Waals surface area (Å²) in [7, 11) is 0. The van der Waals surface area contributed by atoms with Crippen molar-refractivity contribution < 1.29 is 0 Å². The molecule has 17 heavy (non-hydrogen) atoms. The van der Waals surface area contributed by atoms with E-state index in [1.807, 2.05) is 0 Å². The van der Waals surface area contributed by atoms with Crippen LogP contribution in [0.3, 0.4) is 0 Å². The van der Waals surface area contributed by atoms with Crippen molar-refractivity contribution in [1.29, 1.82) is 0 Å². The van der Waals surface area contributed by atoms with E-state index in [1.165, 1.54) is 42.1 Å². The van der Waals surface area contributed by atoms with Crippen LogP contribution in [0.2, 0.25) is 0 Å². The fourth-order valence-electron chi connectivity index (χ4n) is 2.66. The highest BCUT2D eigenvalue weighted by atomic mass is 79.9. The van der Waals surface area contributed by atoms with Gasteiger partial charge in [0.2, 0.25) is 0 Å². The second-order valence-corrected chi connectivity index (χ2v) is 6.12. The number of halogens is 1. The van der Waals surface area contributed by atoms with Crippen LogP contribution in [-0.2, 0) is 5.41 Å². The predicted molar refractivity (Wildman–Crippen MR) is 77.4 cm³/mol. The summed E-state index contributed by atoms with van der Waals surface area (Å²) in [5.41, 5.74) is 1.92. The van der Waals surface area contributed by atoms with Gasteiger partial charge in [-0.25, -0.2) is 0 Å². The standard InChI is InChI=1S/C15H22BrN/c1-2-3-4-5-9-15(11-17-12-15)13-7-6-8-14(16)10-13/h6-8,10,17H,2-5,9,11-12H2,1H3. The number of unbranched alkanes of at least 4 members (excludes halogenated alkanes) is 3. The van der Waals surface area contributed by atoms with Gasteiger partial charge in [0.15, 0.2) is 0 Å². The van der Waals surface area contributed by atoms with Crippen LogP contribution in [0.25, 0.3) is 0 Å². The molecule has 0 spiro atoms. The SMILES string of the molecule is CCCCCCC1(c2cccc(Br)c2)CNC1. The van der Waals surface area contributed by atoms with Crippen LogP contribution in [0.5, 0.6) is 0 Å². The maximum Gasteiger partial charge on any atom is 0.0203 e. The summed E-state index contributed by atoms with van der Waals surface area (Å²) < 4.78 is 1.20. The van der Waals surface area contributed by atoms with E-state index >= 15 is 0 Å². The van der Waals surface area contributed by atoms with Gasteiger partial charge in [0.1, 0.15) is 0 Å². The molecule has 2 heteroatoms. The maximum atomic E-state index is 3.58. The van der Waals surface area contributed by atoms with Crippen molar-refractivity contribution in [3.63, 3.8) is 0 Å². The molecule has 1 fully saturated rings. The zero-order valence-corrected chi connectivity index (χ0v) is 12.2. The number of hydrogen-bond acceptors (Lipinski definition) is 1. The molecule has 1 aliphatic heterocycles. The smallest absolute Gasteiger partial charge is 0.0203 e. The second kappa shape index (κ2) is 6.01. The minimum absolute atomic E-state index is 0.414. The van der Waals surface area contributed by atoms with Crippen molar-refractivity contribution >= 4 is 15.9 Å². The molecule has 1 saturated heterocycles. The molecule has 94 valence electrons. The maximum absolute atomic E-state index is 3.58. The number of nitrogens with one attached hydrogen (secondary N) is 1. The molecular weight excluding hydrogens is 274 g/mol. The lowest BCUT2D eigenvalue weighted by Gasteiger charge is -2.43. The molecule has 0 bridgehead atoms. The molecule has 0 aromatic heterocycles. The quantitative estimate of drug-likeness (QED) is 0.773. The van der Waals surface area contributed by atoms with Crippen molar-refractivity contribution in [2.75, 3.05) is 13.1 Å². The Hall–Kier alpha value is -0.340. The summed E-state index contributed by atoms with van der Waals surface area (Å²) in [5.74, 6) is 0. The van der Waals surface area contributed by atoms with Crippen molar-refractivity contribution in [2.45, 2.75) is 44.4 Å². The Morgan fingerprint density at radius 3 is 2.65 bits per heavy atom. The van der Waals surface area contributed by atoms with Gasteiger partial charge in [-0.3, -0.25) is 0 Å². The number of benzene rings is 1. The highest BCUT2D eigenvalue weighted by Crippen LogP contribution is 2.35. The number of hydrogen-bond donors (Lipinski definition) is 1. The molecule has 1 heterocycles. The number of rotatable bonds is 6. The molecule has 0 aliphatic carbocycles. The fraction of sp³-hybridized carbons (Fsp3) is 0.600. The van der Waals surface area contributed by atoms with E-state index < -0.39 is 0 Å². The van der Waals surface area contributed by atoms with Gasteiger partial charge in [0, 0.05) is 23.0 Å². The van der Waals surface area contributed by atoms with Gasteiger partial charge >= 0.3 is 0 Å². The lowest BCUT2D eigenvalue weighted by atomic mass is 9.71. The minimum Gasteiger partial charge on any atom is -0.315 e. The lowest BCUT2D eigenvalue weighted by molar-refractivity contribution is 0.249. The Balaban J connectivity index is 1.99. The Kier molecular flexibility index (Phi) is 4.63. The zero-order chi connectivity index (χ0) is 12.1. The molecule has 1 aliphatic rings. The summed E-state index contributed by atoms with van der Waals surface area (Å²) in [6.07, 6.45) is 6.77. The topological polar surface area (TPSA) is 12.0 Å². The third-order valence-electron chi connectivity index (χ3n) is 3.87. The second-order valence-electron chi connectivity index (χ2n) is 5.20. The Bertz CT molecular complexity index is 358. The molecule has 0 radical (unpaired) electrons. The fourth-order valence-corrected chi connectivity index (χ4v) is 3.06. The van der Waals surface area contributed by atoms with Crippen molar-refractivity contribution in [3.05, 3.63) is 34.3 Å². The van der Waals surface area contributed by atoms with Gasteiger partial charge in [-0.05, 0) is 24.1 Å². The Morgan fingerprint density at radius 2 is 2.06 bits per heavy atom. The van der Waals surface area contributed by atoms with E-state index in [1.54, 1.807) is 0 Å². The molecule has 0 amide bonds. The largest absolute Gasteiger partial charge is 0.315 e. The first-order valence-electron chi connectivity index (χ1n) is 6.74. The molecule has 2 rings (SSSR count). The summed E-state index contributed by atoms with van der Waals surface area (Å²) in [6, 6.07) is 8.85. The molecule has 1 aromatic carbocycles. The Labute approximate surface area is 113 Å². The molecule has 1 aromatic rings. The van der Waals surface area contributed by atoms with E-state index in [2.05, 4.69) is 52.4 Å². The van der Waals surface area contributed by atoms with Crippen molar-refractivity contribution in [3.8, 4) is 0 Å². The summed E-state index contributed by atoms with van der Waals surface area (Å²) >= 11 is 3.58. The summed E-state index contributed by atoms with van der Waals surface area (Å²) in [6.45, 7) is 4.57. The van der Waals surface area contributed by atoms with Gasteiger partial charge in [-0.2, -0.15) is 0 Å². The van der Waals surface area contributed by atoms with Crippen LogP contribution < -0.4 is 5.32 Å². The first-order chi connectivity index (χ1) is 8.27. The molecule has 0 atom stereocenters. The van der Waals surface area contributed by atoms with Crippen LogP contribution in [0.15, 0.2) is 28.7 Å². The van der Waals surface area contributed by atoms with Gasteiger partial charge in [-0.1, -0.05) is 60.7 Å².